The highest BCUT2D eigenvalue weighted by Gasteiger charge is 2.33. The van der Waals surface area contributed by atoms with Crippen LogP contribution in [0.15, 0.2) is 95.6 Å². The summed E-state index contributed by atoms with van der Waals surface area (Å²) in [4.78, 5) is 19.1. The van der Waals surface area contributed by atoms with E-state index in [1.54, 1.807) is 6.08 Å². The maximum absolute atomic E-state index is 13.1. The van der Waals surface area contributed by atoms with Crippen molar-refractivity contribution in [2.75, 3.05) is 4.90 Å². The molecule has 0 N–H and O–H groups in total. The molecule has 0 atom stereocenters. The number of anilines is 1. The van der Waals surface area contributed by atoms with Crippen LogP contribution in [0.3, 0.4) is 0 Å². The zero-order valence-electron chi connectivity index (χ0n) is 14.9. The number of hydrogen-bond acceptors (Lipinski definition) is 3. The molecule has 0 spiro atoms. The largest absolute Gasteiger partial charge is 0.425 e. The average molecular weight is 354 g/mol. The molecule has 0 unspecified atom stereocenters. The smallest absolute Gasteiger partial charge is 0.310 e. The lowest BCUT2D eigenvalue weighted by Crippen LogP contribution is -2.35. The molecule has 0 fully saturated rings. The molecule has 132 valence electrons. The molecule has 4 nitrogen and oxygen atoms in total. The summed E-state index contributed by atoms with van der Waals surface area (Å²) >= 11 is 0. The van der Waals surface area contributed by atoms with Crippen molar-refractivity contribution in [2.24, 2.45) is 4.99 Å². The number of carbonyl (C=O) groups is 1. The van der Waals surface area contributed by atoms with Crippen LogP contribution in [-0.4, -0.2) is 11.9 Å². The second-order valence-electron chi connectivity index (χ2n) is 6.18. The number of aryl methyl sites for hydroxylation is 1. The number of carbonyl (C=O) groups excluding carboxylic acids is 1. The van der Waals surface area contributed by atoms with Crippen LogP contribution in [-0.2, 0) is 4.79 Å². The summed E-state index contributed by atoms with van der Waals surface area (Å²) in [6.45, 7) is 1.96. The number of ether oxygens (including phenoxy) is 1. The molecule has 3 aromatic rings. The Morgan fingerprint density at radius 2 is 1.48 bits per heavy atom. The van der Waals surface area contributed by atoms with Gasteiger partial charge in [-0.15, -0.1) is 0 Å². The third kappa shape index (κ3) is 3.51. The van der Waals surface area contributed by atoms with Crippen LogP contribution >= 0.6 is 0 Å². The Kier molecular flexibility index (Phi) is 4.54. The van der Waals surface area contributed by atoms with Gasteiger partial charge in [0, 0.05) is 0 Å². The topological polar surface area (TPSA) is 41.9 Å². The lowest BCUT2D eigenvalue weighted by atomic mass is 10.2. The number of benzene rings is 3. The standard InChI is InChI=1S/C23H18N2O2/c1-17-10-8-9-15-21(17)27-23-24-20(16-18-11-4-2-5-12-18)22(26)25(23)19-13-6-3-7-14-19/h2-16H,1H3/b20-16-. The van der Waals surface area contributed by atoms with Crippen LogP contribution in [0.2, 0.25) is 0 Å². The first-order valence-corrected chi connectivity index (χ1v) is 8.71. The number of amidine groups is 1. The van der Waals surface area contributed by atoms with E-state index in [9.17, 15) is 4.79 Å². The summed E-state index contributed by atoms with van der Waals surface area (Å²) in [6.07, 6.45) is 1.77. The maximum Gasteiger partial charge on any atom is 0.310 e. The van der Waals surface area contributed by atoms with E-state index in [4.69, 9.17) is 4.74 Å². The van der Waals surface area contributed by atoms with Gasteiger partial charge in [0.25, 0.3) is 5.91 Å². The number of amides is 1. The Morgan fingerprint density at radius 1 is 0.852 bits per heavy atom. The molecule has 3 aromatic carbocycles. The molecule has 0 radical (unpaired) electrons. The van der Waals surface area contributed by atoms with E-state index in [2.05, 4.69) is 4.99 Å². The lowest BCUT2D eigenvalue weighted by Gasteiger charge is -2.18. The zero-order chi connectivity index (χ0) is 18.6. The Bertz CT molecular complexity index is 1020. The highest BCUT2D eigenvalue weighted by molar-refractivity contribution is 6.27. The molecule has 0 saturated heterocycles. The van der Waals surface area contributed by atoms with E-state index in [0.29, 0.717) is 17.1 Å². The molecule has 4 heteroatoms. The summed E-state index contributed by atoms with van der Waals surface area (Å²) in [5, 5.41) is 0. The van der Waals surface area contributed by atoms with Crippen LogP contribution in [0.5, 0.6) is 5.75 Å². The van der Waals surface area contributed by atoms with Gasteiger partial charge in [-0.2, -0.15) is 4.99 Å². The maximum atomic E-state index is 13.1. The first-order valence-electron chi connectivity index (χ1n) is 8.71. The first kappa shape index (κ1) is 16.8. The van der Waals surface area contributed by atoms with Gasteiger partial charge < -0.3 is 4.74 Å². The Labute approximate surface area is 158 Å². The van der Waals surface area contributed by atoms with E-state index >= 15 is 0 Å². The monoisotopic (exact) mass is 354 g/mol. The fourth-order valence-electron chi connectivity index (χ4n) is 2.85. The molecule has 0 saturated carbocycles. The highest BCUT2D eigenvalue weighted by atomic mass is 16.5. The predicted octanol–water partition coefficient (Wildman–Crippen LogP) is 4.82. The van der Waals surface area contributed by atoms with Gasteiger partial charge in [-0.3, -0.25) is 4.79 Å². The number of aliphatic imine (C=N–C) groups is 1. The van der Waals surface area contributed by atoms with E-state index in [1.165, 1.54) is 4.90 Å². The summed E-state index contributed by atoms with van der Waals surface area (Å²) < 4.78 is 6.03. The fourth-order valence-corrected chi connectivity index (χ4v) is 2.85. The van der Waals surface area contributed by atoms with Gasteiger partial charge in [-0.1, -0.05) is 66.7 Å². The third-order valence-corrected chi connectivity index (χ3v) is 4.24. The average Bonchev–Trinajstić information content (AvgIpc) is 3.00. The van der Waals surface area contributed by atoms with E-state index in [0.717, 1.165) is 11.1 Å². The molecule has 1 heterocycles. The molecule has 27 heavy (non-hydrogen) atoms. The minimum absolute atomic E-state index is 0.214. The molecular formula is C23H18N2O2. The second kappa shape index (κ2) is 7.30. The molecule has 4 rings (SSSR count). The first-order chi connectivity index (χ1) is 13.2. The molecular weight excluding hydrogens is 336 g/mol. The van der Waals surface area contributed by atoms with Crippen molar-refractivity contribution in [3.63, 3.8) is 0 Å². The van der Waals surface area contributed by atoms with Crippen molar-refractivity contribution < 1.29 is 9.53 Å². The highest BCUT2D eigenvalue weighted by Crippen LogP contribution is 2.27. The quantitative estimate of drug-likeness (QED) is 0.633. The Balaban J connectivity index is 1.75. The number of rotatable bonds is 3. The fraction of sp³-hybridized carbons (Fsp3) is 0.0435. The van der Waals surface area contributed by atoms with Gasteiger partial charge in [0.05, 0.1) is 5.69 Å². The van der Waals surface area contributed by atoms with Gasteiger partial charge >= 0.3 is 6.02 Å². The summed E-state index contributed by atoms with van der Waals surface area (Å²) in [5.41, 5.74) is 2.94. The van der Waals surface area contributed by atoms with Gasteiger partial charge in [-0.25, -0.2) is 4.90 Å². The molecule has 0 bridgehead atoms. The Hall–Kier alpha value is -3.66. The number of nitrogens with zero attached hydrogens (tertiary/aromatic N) is 2. The number of para-hydroxylation sites is 2. The molecule has 1 aliphatic heterocycles. The van der Waals surface area contributed by atoms with Crippen molar-refractivity contribution in [3.05, 3.63) is 102 Å². The summed E-state index contributed by atoms with van der Waals surface area (Å²) in [6, 6.07) is 27.0. The van der Waals surface area contributed by atoms with Crippen LogP contribution in [0, 0.1) is 6.92 Å². The van der Waals surface area contributed by atoms with Crippen molar-refractivity contribution in [3.8, 4) is 5.75 Å². The Morgan fingerprint density at radius 3 is 2.19 bits per heavy atom. The minimum atomic E-state index is -0.214. The molecule has 1 aliphatic rings. The molecule has 0 aromatic heterocycles. The third-order valence-electron chi connectivity index (χ3n) is 4.24. The summed E-state index contributed by atoms with van der Waals surface area (Å²) in [5.74, 6) is 0.458. The normalized spacial score (nSPS) is 15.1. The van der Waals surface area contributed by atoms with Crippen molar-refractivity contribution in [2.45, 2.75) is 6.92 Å². The van der Waals surface area contributed by atoms with E-state index in [-0.39, 0.29) is 11.9 Å². The minimum Gasteiger partial charge on any atom is -0.425 e. The SMILES string of the molecule is Cc1ccccc1OC1=N/C(=C\c2ccccc2)C(=O)N1c1ccccc1. The van der Waals surface area contributed by atoms with Gasteiger partial charge in [0.1, 0.15) is 11.4 Å². The molecule has 1 amide bonds. The second-order valence-corrected chi connectivity index (χ2v) is 6.18. The van der Waals surface area contributed by atoms with Crippen LogP contribution in [0.1, 0.15) is 11.1 Å². The van der Waals surface area contributed by atoms with Crippen LogP contribution in [0.25, 0.3) is 6.08 Å². The molecule has 0 aliphatic carbocycles. The zero-order valence-corrected chi connectivity index (χ0v) is 14.9. The van der Waals surface area contributed by atoms with Crippen LogP contribution < -0.4 is 9.64 Å². The van der Waals surface area contributed by atoms with E-state index in [1.807, 2.05) is 91.9 Å². The van der Waals surface area contributed by atoms with Crippen molar-refractivity contribution in [1.29, 1.82) is 0 Å². The predicted molar refractivity (Wildman–Crippen MR) is 108 cm³/mol. The van der Waals surface area contributed by atoms with Crippen molar-refractivity contribution >= 4 is 23.7 Å². The van der Waals surface area contributed by atoms with Crippen molar-refractivity contribution in [1.82, 2.24) is 0 Å². The van der Waals surface area contributed by atoms with Gasteiger partial charge in [0.15, 0.2) is 0 Å². The van der Waals surface area contributed by atoms with Gasteiger partial charge in [-0.05, 0) is 42.3 Å². The van der Waals surface area contributed by atoms with E-state index < -0.39 is 0 Å². The van der Waals surface area contributed by atoms with Gasteiger partial charge in [0.2, 0.25) is 0 Å². The lowest BCUT2D eigenvalue weighted by molar-refractivity contribution is -0.113. The number of hydrogen-bond donors (Lipinski definition) is 0. The summed E-state index contributed by atoms with van der Waals surface area (Å²) in [7, 11) is 0. The van der Waals surface area contributed by atoms with Crippen LogP contribution in [0.4, 0.5) is 5.69 Å².